The van der Waals surface area contributed by atoms with Gasteiger partial charge >= 0.3 is 12.1 Å². The first-order chi connectivity index (χ1) is 14.5. The Labute approximate surface area is 182 Å². The van der Waals surface area contributed by atoms with Crippen molar-refractivity contribution in [3.63, 3.8) is 0 Å². The predicted octanol–water partition coefficient (Wildman–Crippen LogP) is 6.50. The summed E-state index contributed by atoms with van der Waals surface area (Å²) in [4.78, 5) is 12.4. The van der Waals surface area contributed by atoms with Gasteiger partial charge in [-0.15, -0.1) is 0 Å². The van der Waals surface area contributed by atoms with Crippen LogP contribution in [0.5, 0.6) is 11.5 Å². The van der Waals surface area contributed by atoms with Crippen molar-refractivity contribution in [2.45, 2.75) is 25.9 Å². The normalized spacial score (nSPS) is 23.5. The zero-order chi connectivity index (χ0) is 23.0. The molecule has 0 amide bonds. The van der Waals surface area contributed by atoms with E-state index in [2.05, 4.69) is 0 Å². The average molecular weight is 450 g/mol. The molecule has 1 aliphatic carbocycles. The van der Waals surface area contributed by atoms with Gasteiger partial charge in [-0.1, -0.05) is 61.9 Å². The number of alkyl halides is 3. The van der Waals surface area contributed by atoms with Gasteiger partial charge in [-0.2, -0.15) is 18.4 Å². The van der Waals surface area contributed by atoms with E-state index < -0.39 is 39.8 Å². The topological polar surface area (TPSA) is 70.3 Å². The average Bonchev–Trinajstić information content (AvgIpc) is 3.18. The van der Waals surface area contributed by atoms with Crippen LogP contribution in [0.2, 0.25) is 0 Å². The molecule has 0 aromatic heterocycles. The van der Waals surface area contributed by atoms with Crippen molar-refractivity contribution in [3.05, 3.63) is 71.3 Å². The zero-order valence-corrected chi connectivity index (χ0v) is 17.4. The van der Waals surface area contributed by atoms with Crippen molar-refractivity contribution in [1.29, 1.82) is 5.26 Å². The summed E-state index contributed by atoms with van der Waals surface area (Å²) < 4.78 is 44.7. The molecular formula is C23H19ClF3NO3. The van der Waals surface area contributed by atoms with Crippen LogP contribution in [-0.2, 0) is 4.79 Å². The molecule has 3 atom stereocenters. The molecule has 1 aliphatic rings. The van der Waals surface area contributed by atoms with E-state index >= 15 is 0 Å². The van der Waals surface area contributed by atoms with Crippen molar-refractivity contribution in [1.82, 2.24) is 0 Å². The maximum absolute atomic E-state index is 13.0. The lowest BCUT2D eigenvalue weighted by atomic mass is 9.78. The Balaban J connectivity index is 2.03. The maximum atomic E-state index is 13.0. The fraction of sp³-hybridized carbons (Fsp3) is 0.304. The molecule has 1 N–H and O–H groups in total. The summed E-state index contributed by atoms with van der Waals surface area (Å²) >= 11 is 5.40. The molecule has 3 unspecified atom stereocenters. The lowest BCUT2D eigenvalue weighted by Crippen LogP contribution is -2.29. The Morgan fingerprint density at radius 1 is 1.19 bits per heavy atom. The quantitative estimate of drug-likeness (QED) is 0.546. The Bertz CT molecular complexity index is 1060. The molecule has 8 heteroatoms. The van der Waals surface area contributed by atoms with Crippen LogP contribution in [0.4, 0.5) is 13.2 Å². The van der Waals surface area contributed by atoms with Crippen molar-refractivity contribution in [3.8, 4) is 17.6 Å². The fourth-order valence-corrected chi connectivity index (χ4v) is 4.45. The van der Waals surface area contributed by atoms with Gasteiger partial charge in [0.25, 0.3) is 0 Å². The lowest BCUT2D eigenvalue weighted by Gasteiger charge is -2.22. The number of benzene rings is 2. The van der Waals surface area contributed by atoms with Gasteiger partial charge in [0.1, 0.15) is 21.9 Å². The van der Waals surface area contributed by atoms with Crippen molar-refractivity contribution in [2.24, 2.45) is 16.7 Å². The SMILES string of the molecule is CC1(C)C(/C=C(/Cl)C(F)(F)F)C1(C(=O)O)C(C#N)c1cccc(Oc2ccccc2)c1. The van der Waals surface area contributed by atoms with Crippen LogP contribution in [0.25, 0.3) is 0 Å². The van der Waals surface area contributed by atoms with E-state index in [1.807, 2.05) is 12.1 Å². The number of hydrogen-bond acceptors (Lipinski definition) is 3. The molecule has 1 fully saturated rings. The van der Waals surface area contributed by atoms with Gasteiger partial charge in [0.05, 0.1) is 12.0 Å². The minimum atomic E-state index is -4.80. The summed E-state index contributed by atoms with van der Waals surface area (Å²) in [7, 11) is 0. The molecule has 1 saturated carbocycles. The summed E-state index contributed by atoms with van der Waals surface area (Å²) in [5, 5.41) is 18.6. The number of rotatable bonds is 6. The fourth-order valence-electron chi connectivity index (χ4n) is 4.32. The van der Waals surface area contributed by atoms with E-state index in [9.17, 15) is 28.3 Å². The van der Waals surface area contributed by atoms with Gasteiger partial charge < -0.3 is 9.84 Å². The first-order valence-corrected chi connectivity index (χ1v) is 9.74. The Morgan fingerprint density at radius 2 is 1.81 bits per heavy atom. The second-order valence-electron chi connectivity index (χ2n) is 7.94. The van der Waals surface area contributed by atoms with E-state index in [1.165, 1.54) is 19.9 Å². The van der Waals surface area contributed by atoms with Gasteiger partial charge in [-0.3, -0.25) is 4.79 Å². The number of carbonyl (C=O) groups is 1. The molecule has 4 nitrogen and oxygen atoms in total. The predicted molar refractivity (Wildman–Crippen MR) is 109 cm³/mol. The minimum absolute atomic E-state index is 0.338. The molecule has 0 radical (unpaired) electrons. The van der Waals surface area contributed by atoms with Gasteiger partial charge in [0, 0.05) is 5.92 Å². The first kappa shape index (κ1) is 22.7. The molecule has 0 saturated heterocycles. The van der Waals surface area contributed by atoms with Gasteiger partial charge in [-0.05, 0) is 35.2 Å². The van der Waals surface area contributed by atoms with Crippen molar-refractivity contribution >= 4 is 17.6 Å². The van der Waals surface area contributed by atoms with Gasteiger partial charge in [0.15, 0.2) is 0 Å². The molecule has 0 aliphatic heterocycles. The third-order valence-corrected chi connectivity index (χ3v) is 6.28. The molecule has 0 bridgehead atoms. The number of para-hydroxylation sites is 1. The highest BCUT2D eigenvalue weighted by molar-refractivity contribution is 6.30. The number of ether oxygens (including phenoxy) is 1. The molecule has 2 aromatic carbocycles. The molecule has 2 aromatic rings. The van der Waals surface area contributed by atoms with Crippen molar-refractivity contribution in [2.75, 3.05) is 0 Å². The summed E-state index contributed by atoms with van der Waals surface area (Å²) in [5.41, 5.74) is -2.58. The Hall–Kier alpha value is -2.98. The third kappa shape index (κ3) is 3.88. The zero-order valence-electron chi connectivity index (χ0n) is 16.7. The van der Waals surface area contributed by atoms with Crippen LogP contribution in [0.15, 0.2) is 65.7 Å². The van der Waals surface area contributed by atoms with E-state index in [1.54, 1.807) is 42.5 Å². The van der Waals surface area contributed by atoms with Crippen LogP contribution in [-0.4, -0.2) is 17.3 Å². The van der Waals surface area contributed by atoms with Crippen LogP contribution >= 0.6 is 11.6 Å². The summed E-state index contributed by atoms with van der Waals surface area (Å²) in [6, 6.07) is 17.2. The highest BCUT2D eigenvalue weighted by Gasteiger charge is 2.78. The van der Waals surface area contributed by atoms with Gasteiger partial charge in [-0.25, -0.2) is 0 Å². The number of carboxylic acids is 1. The molecule has 0 heterocycles. The van der Waals surface area contributed by atoms with Gasteiger partial charge in [0.2, 0.25) is 0 Å². The number of allylic oxidation sites excluding steroid dienone is 2. The highest BCUT2D eigenvalue weighted by Crippen LogP contribution is 2.75. The number of nitriles is 1. The molecular weight excluding hydrogens is 431 g/mol. The summed E-state index contributed by atoms with van der Waals surface area (Å²) in [5.74, 6) is -2.74. The Morgan fingerprint density at radius 3 is 2.35 bits per heavy atom. The van der Waals surface area contributed by atoms with Crippen LogP contribution < -0.4 is 4.74 Å². The standard InChI is InChI=1S/C23H19ClF3NO3/c1-21(2)18(12-19(24)23(25,26)27)22(21,20(29)30)17(13-28)14-7-6-10-16(11-14)31-15-8-4-3-5-9-15/h3-12,17-18H,1-2H3,(H,29,30)/b19-12+. The monoisotopic (exact) mass is 449 g/mol. The van der Waals surface area contributed by atoms with Crippen LogP contribution in [0, 0.1) is 28.1 Å². The summed E-state index contributed by atoms with van der Waals surface area (Å²) in [6.07, 6.45) is -4.08. The molecule has 3 rings (SSSR count). The Kier molecular flexibility index (Phi) is 5.81. The lowest BCUT2D eigenvalue weighted by molar-refractivity contribution is -0.145. The van der Waals surface area contributed by atoms with E-state index in [0.717, 1.165) is 0 Å². The van der Waals surface area contributed by atoms with Crippen molar-refractivity contribution < 1.29 is 27.8 Å². The molecule has 0 spiro atoms. The second kappa shape index (κ2) is 7.93. The number of aliphatic carboxylic acids is 1. The second-order valence-corrected chi connectivity index (χ2v) is 8.34. The highest BCUT2D eigenvalue weighted by atomic mass is 35.5. The number of nitrogens with zero attached hydrogens (tertiary/aromatic N) is 1. The minimum Gasteiger partial charge on any atom is -0.481 e. The first-order valence-electron chi connectivity index (χ1n) is 9.36. The molecule has 162 valence electrons. The number of carboxylic acid groups (broad SMARTS) is 1. The smallest absolute Gasteiger partial charge is 0.426 e. The van der Waals surface area contributed by atoms with E-state index in [0.29, 0.717) is 23.1 Å². The maximum Gasteiger partial charge on any atom is 0.426 e. The van der Waals surface area contributed by atoms with Crippen LogP contribution in [0.3, 0.4) is 0 Å². The number of halogens is 4. The summed E-state index contributed by atoms with van der Waals surface area (Å²) in [6.45, 7) is 3.05. The van der Waals surface area contributed by atoms with E-state index in [-0.39, 0.29) is 0 Å². The number of hydrogen-bond donors (Lipinski definition) is 1. The molecule has 31 heavy (non-hydrogen) atoms. The third-order valence-electron chi connectivity index (χ3n) is 5.94. The van der Waals surface area contributed by atoms with Crippen LogP contribution in [0.1, 0.15) is 25.3 Å². The van der Waals surface area contributed by atoms with E-state index in [4.69, 9.17) is 16.3 Å². The largest absolute Gasteiger partial charge is 0.481 e.